The van der Waals surface area contributed by atoms with E-state index in [9.17, 15) is 0 Å². The lowest BCUT2D eigenvalue weighted by molar-refractivity contribution is 0.358. The molecule has 0 amide bonds. The summed E-state index contributed by atoms with van der Waals surface area (Å²) in [6, 6.07) is 0. The van der Waals surface area contributed by atoms with Gasteiger partial charge in [0.1, 0.15) is 0 Å². The largest absolute Gasteiger partial charge is 0.369 e. The Bertz CT molecular complexity index is 246. The number of allylic oxidation sites excluding steroid dienone is 1. The van der Waals surface area contributed by atoms with E-state index in [1.165, 1.54) is 83.5 Å². The quantitative estimate of drug-likeness (QED) is 0.183. The smallest absolute Gasteiger partial charge is 0.0876 e. The van der Waals surface area contributed by atoms with Crippen LogP contribution >= 0.6 is 0 Å². The van der Waals surface area contributed by atoms with Crippen molar-refractivity contribution in [3.63, 3.8) is 0 Å². The Morgan fingerprint density at radius 1 is 0.667 bits per heavy atom. The lowest BCUT2D eigenvalue weighted by atomic mass is 10.1. The molecule has 0 aromatic rings. The molecule has 0 aromatic heterocycles. The second kappa shape index (κ2) is 13.4. The molecule has 2 unspecified atom stereocenters. The van der Waals surface area contributed by atoms with Crippen LogP contribution in [0, 0.1) is 0 Å². The van der Waals surface area contributed by atoms with Gasteiger partial charge < -0.3 is 4.74 Å². The summed E-state index contributed by atoms with van der Waals surface area (Å²) < 4.78 is 5.75. The van der Waals surface area contributed by atoms with Crippen molar-refractivity contribution in [2.45, 2.75) is 116 Å². The van der Waals surface area contributed by atoms with E-state index in [1.54, 1.807) is 0 Å². The minimum Gasteiger partial charge on any atom is -0.369 e. The molecule has 1 heterocycles. The maximum absolute atomic E-state index is 5.75. The molecular weight excluding hydrogens is 256 g/mol. The van der Waals surface area contributed by atoms with Crippen LogP contribution in [0.4, 0.5) is 0 Å². The molecule has 0 aromatic carbocycles. The van der Waals surface area contributed by atoms with E-state index < -0.39 is 0 Å². The standard InChI is InChI=1S/C20H38O/c1-3-5-7-9-11-12-14-16-18-20-19(21-20)17-15-13-10-8-6-4-2/h13,15,19-20H,3-12,14,16-18H2,1-2H3. The van der Waals surface area contributed by atoms with Crippen LogP contribution < -0.4 is 0 Å². The SMILES string of the molecule is CCCCCC=CCC1OC1CCCCCCCCCC. The van der Waals surface area contributed by atoms with Gasteiger partial charge >= 0.3 is 0 Å². The summed E-state index contributed by atoms with van der Waals surface area (Å²) in [7, 11) is 0. The summed E-state index contributed by atoms with van der Waals surface area (Å²) >= 11 is 0. The van der Waals surface area contributed by atoms with Gasteiger partial charge in [-0.15, -0.1) is 0 Å². The van der Waals surface area contributed by atoms with Crippen molar-refractivity contribution in [1.82, 2.24) is 0 Å². The molecule has 0 spiro atoms. The summed E-state index contributed by atoms with van der Waals surface area (Å²) in [6.07, 6.45) is 24.9. The average Bonchev–Trinajstić information content (AvgIpc) is 3.24. The van der Waals surface area contributed by atoms with Crippen molar-refractivity contribution in [2.75, 3.05) is 0 Å². The molecule has 0 N–H and O–H groups in total. The Hall–Kier alpha value is -0.300. The Morgan fingerprint density at radius 3 is 2.00 bits per heavy atom. The van der Waals surface area contributed by atoms with Crippen molar-refractivity contribution < 1.29 is 4.74 Å². The monoisotopic (exact) mass is 294 g/mol. The van der Waals surface area contributed by atoms with E-state index in [2.05, 4.69) is 26.0 Å². The second-order valence-electron chi connectivity index (χ2n) is 6.68. The molecule has 1 saturated heterocycles. The van der Waals surface area contributed by atoms with Gasteiger partial charge in [0.05, 0.1) is 12.2 Å². The van der Waals surface area contributed by atoms with Crippen LogP contribution in [0.25, 0.3) is 0 Å². The first-order chi connectivity index (χ1) is 10.4. The van der Waals surface area contributed by atoms with Crippen LogP contribution in [0.3, 0.4) is 0 Å². The highest BCUT2D eigenvalue weighted by molar-refractivity contribution is 4.93. The van der Waals surface area contributed by atoms with E-state index >= 15 is 0 Å². The van der Waals surface area contributed by atoms with Crippen molar-refractivity contribution in [3.8, 4) is 0 Å². The first kappa shape index (κ1) is 18.7. The fourth-order valence-corrected chi connectivity index (χ4v) is 2.98. The molecule has 124 valence electrons. The molecule has 0 radical (unpaired) electrons. The fourth-order valence-electron chi connectivity index (χ4n) is 2.98. The van der Waals surface area contributed by atoms with Gasteiger partial charge in [0.2, 0.25) is 0 Å². The molecule has 1 aliphatic heterocycles. The maximum atomic E-state index is 5.75. The minimum atomic E-state index is 0.553. The van der Waals surface area contributed by atoms with Crippen molar-refractivity contribution in [1.29, 1.82) is 0 Å². The van der Waals surface area contributed by atoms with Crippen LogP contribution in [0.15, 0.2) is 12.2 Å². The van der Waals surface area contributed by atoms with Crippen molar-refractivity contribution >= 4 is 0 Å². The number of hydrogen-bond acceptors (Lipinski definition) is 1. The number of epoxide rings is 1. The number of unbranched alkanes of at least 4 members (excludes halogenated alkanes) is 10. The number of ether oxygens (including phenoxy) is 1. The van der Waals surface area contributed by atoms with E-state index in [1.807, 2.05) is 0 Å². The molecule has 1 aliphatic rings. The molecule has 1 heteroatoms. The van der Waals surface area contributed by atoms with E-state index in [-0.39, 0.29) is 0 Å². The fraction of sp³-hybridized carbons (Fsp3) is 0.900. The minimum absolute atomic E-state index is 0.553. The molecule has 1 fully saturated rings. The summed E-state index contributed by atoms with van der Waals surface area (Å²) in [6.45, 7) is 4.55. The van der Waals surface area contributed by atoms with Gasteiger partial charge in [-0.05, 0) is 25.7 Å². The van der Waals surface area contributed by atoms with Gasteiger partial charge in [-0.25, -0.2) is 0 Å². The van der Waals surface area contributed by atoms with Gasteiger partial charge in [-0.2, -0.15) is 0 Å². The summed E-state index contributed by atoms with van der Waals surface area (Å²) in [4.78, 5) is 0. The van der Waals surface area contributed by atoms with Gasteiger partial charge in [0.25, 0.3) is 0 Å². The van der Waals surface area contributed by atoms with Crippen LogP contribution in [0.1, 0.15) is 104 Å². The highest BCUT2D eigenvalue weighted by Gasteiger charge is 2.36. The third-order valence-electron chi connectivity index (χ3n) is 4.54. The lowest BCUT2D eigenvalue weighted by Crippen LogP contribution is -1.93. The second-order valence-corrected chi connectivity index (χ2v) is 6.68. The first-order valence-electron chi connectivity index (χ1n) is 9.69. The molecule has 1 rings (SSSR count). The van der Waals surface area contributed by atoms with Gasteiger partial charge in [-0.3, -0.25) is 0 Å². The predicted octanol–water partition coefficient (Wildman–Crippen LogP) is 6.81. The van der Waals surface area contributed by atoms with E-state index in [4.69, 9.17) is 4.74 Å². The van der Waals surface area contributed by atoms with Crippen molar-refractivity contribution in [3.05, 3.63) is 12.2 Å². The summed E-state index contributed by atoms with van der Waals surface area (Å²) in [5.74, 6) is 0. The third-order valence-corrected chi connectivity index (χ3v) is 4.54. The molecule has 2 atom stereocenters. The zero-order chi connectivity index (χ0) is 15.2. The average molecular weight is 295 g/mol. The maximum Gasteiger partial charge on any atom is 0.0876 e. The Kier molecular flexibility index (Phi) is 11.9. The highest BCUT2D eigenvalue weighted by Crippen LogP contribution is 2.30. The van der Waals surface area contributed by atoms with Gasteiger partial charge in [0.15, 0.2) is 0 Å². The normalized spacial score (nSPS) is 21.2. The van der Waals surface area contributed by atoms with E-state index in [0.29, 0.717) is 12.2 Å². The zero-order valence-electron chi connectivity index (χ0n) is 14.6. The molecule has 0 saturated carbocycles. The van der Waals surface area contributed by atoms with Crippen LogP contribution in [0.2, 0.25) is 0 Å². The number of hydrogen-bond donors (Lipinski definition) is 0. The Morgan fingerprint density at radius 2 is 1.29 bits per heavy atom. The summed E-state index contributed by atoms with van der Waals surface area (Å²) in [5, 5.41) is 0. The first-order valence-corrected chi connectivity index (χ1v) is 9.69. The Labute approximate surface area is 133 Å². The molecule has 0 aliphatic carbocycles. The topological polar surface area (TPSA) is 12.5 Å². The third kappa shape index (κ3) is 11.0. The highest BCUT2D eigenvalue weighted by atomic mass is 16.6. The van der Waals surface area contributed by atoms with Crippen molar-refractivity contribution in [2.24, 2.45) is 0 Å². The predicted molar refractivity (Wildman–Crippen MR) is 93.8 cm³/mol. The molecule has 0 bridgehead atoms. The van der Waals surface area contributed by atoms with Crippen LogP contribution in [-0.4, -0.2) is 12.2 Å². The molecule has 21 heavy (non-hydrogen) atoms. The Balaban J connectivity index is 1.80. The molecule has 1 nitrogen and oxygen atoms in total. The van der Waals surface area contributed by atoms with E-state index in [0.717, 1.165) is 6.42 Å². The van der Waals surface area contributed by atoms with Crippen LogP contribution in [0.5, 0.6) is 0 Å². The lowest BCUT2D eigenvalue weighted by Gasteiger charge is -2.00. The van der Waals surface area contributed by atoms with Gasteiger partial charge in [-0.1, -0.05) is 90.2 Å². The molecular formula is C20H38O. The van der Waals surface area contributed by atoms with Gasteiger partial charge in [0, 0.05) is 0 Å². The number of rotatable bonds is 15. The zero-order valence-corrected chi connectivity index (χ0v) is 14.6. The summed E-state index contributed by atoms with van der Waals surface area (Å²) in [5.41, 5.74) is 0. The van der Waals surface area contributed by atoms with Crippen LogP contribution in [-0.2, 0) is 4.74 Å².